The van der Waals surface area contributed by atoms with Gasteiger partial charge in [-0.25, -0.2) is 4.39 Å². The molecule has 2 heterocycles. The van der Waals surface area contributed by atoms with E-state index in [-0.39, 0.29) is 23.2 Å². The Balaban J connectivity index is 1.82. The Bertz CT molecular complexity index is 1120. The summed E-state index contributed by atoms with van der Waals surface area (Å²) in [5.74, 6) is 0.0427. The van der Waals surface area contributed by atoms with Gasteiger partial charge in [0.15, 0.2) is 0 Å². The molecule has 144 valence electrons. The highest BCUT2D eigenvalue weighted by atomic mass is 35.5. The smallest absolute Gasteiger partial charge is 0.220 e. The Morgan fingerprint density at radius 1 is 1.32 bits per heavy atom. The van der Waals surface area contributed by atoms with Crippen molar-refractivity contribution in [3.63, 3.8) is 0 Å². The van der Waals surface area contributed by atoms with Crippen LogP contribution in [0.15, 0.2) is 36.4 Å². The number of methoxy groups -OCH3 is 1. The molecule has 1 N–H and O–H groups in total. The maximum atomic E-state index is 13.8. The molecule has 1 atom stereocenters. The van der Waals surface area contributed by atoms with E-state index in [1.165, 1.54) is 24.8 Å². The normalized spacial score (nSPS) is 19.7. The lowest BCUT2D eigenvalue weighted by atomic mass is 9.83. The van der Waals surface area contributed by atoms with E-state index in [4.69, 9.17) is 16.3 Å². The van der Waals surface area contributed by atoms with Crippen LogP contribution in [0.2, 0.25) is 5.02 Å². The molecule has 1 aromatic heterocycles. The van der Waals surface area contributed by atoms with E-state index in [0.717, 1.165) is 35.0 Å². The van der Waals surface area contributed by atoms with Gasteiger partial charge in [0.25, 0.3) is 0 Å². The quantitative estimate of drug-likeness (QED) is 0.663. The third-order valence-electron chi connectivity index (χ3n) is 6.14. The number of nitrogens with zero attached hydrogens (tertiary/aromatic N) is 1. The first-order valence-electron chi connectivity index (χ1n) is 9.36. The zero-order valence-electron chi connectivity index (χ0n) is 15.7. The van der Waals surface area contributed by atoms with Gasteiger partial charge in [-0.15, -0.1) is 0 Å². The van der Waals surface area contributed by atoms with Crippen molar-refractivity contribution in [1.82, 2.24) is 9.88 Å². The number of rotatable bonds is 2. The van der Waals surface area contributed by atoms with Crippen LogP contribution in [0.4, 0.5) is 4.39 Å². The van der Waals surface area contributed by atoms with Gasteiger partial charge in [-0.3, -0.25) is 4.79 Å². The van der Waals surface area contributed by atoms with Crippen LogP contribution in [-0.2, 0) is 10.2 Å². The predicted octanol–water partition coefficient (Wildman–Crippen LogP) is 4.95. The third-order valence-corrected chi connectivity index (χ3v) is 6.45. The highest BCUT2D eigenvalue weighted by molar-refractivity contribution is 6.35. The van der Waals surface area contributed by atoms with Gasteiger partial charge in [0, 0.05) is 47.1 Å². The number of carbonyl (C=O) groups is 1. The standard InChI is InChI=1S/C22H20ClFN2O2/c1-12(27)26-11-22(8-9-22)19-18-15(23)4-3-5-16(18)25-20(19)21(26)14-7-6-13(24)10-17(14)28-2/h3-7,10,21,25H,8-9,11H2,1-2H3. The van der Waals surface area contributed by atoms with Crippen molar-refractivity contribution in [3.05, 3.63) is 64.1 Å². The number of aromatic amines is 1. The molecule has 1 fully saturated rings. The van der Waals surface area contributed by atoms with Gasteiger partial charge < -0.3 is 14.6 Å². The Kier molecular flexibility index (Phi) is 3.75. The van der Waals surface area contributed by atoms with Crippen LogP contribution in [-0.4, -0.2) is 29.4 Å². The summed E-state index contributed by atoms with van der Waals surface area (Å²) in [5, 5.41) is 1.74. The second-order valence-corrected chi connectivity index (χ2v) is 8.20. The predicted molar refractivity (Wildman–Crippen MR) is 106 cm³/mol. The molecule has 0 saturated heterocycles. The summed E-state index contributed by atoms with van der Waals surface area (Å²) in [6.07, 6.45) is 2.05. The first kappa shape index (κ1) is 17.6. The highest BCUT2D eigenvalue weighted by Gasteiger charge is 2.54. The second-order valence-electron chi connectivity index (χ2n) is 7.79. The van der Waals surface area contributed by atoms with E-state index >= 15 is 0 Å². The summed E-state index contributed by atoms with van der Waals surface area (Å²) in [6.45, 7) is 2.21. The molecule has 0 radical (unpaired) electrons. The van der Waals surface area contributed by atoms with Gasteiger partial charge in [-0.2, -0.15) is 0 Å². The molecular formula is C22H20ClFN2O2. The molecular weight excluding hydrogens is 379 g/mol. The number of hydrogen-bond acceptors (Lipinski definition) is 2. The van der Waals surface area contributed by atoms with Crippen molar-refractivity contribution < 1.29 is 13.9 Å². The van der Waals surface area contributed by atoms with Gasteiger partial charge in [0.2, 0.25) is 5.91 Å². The summed E-state index contributed by atoms with van der Waals surface area (Å²) in [7, 11) is 1.52. The topological polar surface area (TPSA) is 45.3 Å². The molecule has 0 bridgehead atoms. The molecule has 1 spiro atoms. The molecule has 1 unspecified atom stereocenters. The van der Waals surface area contributed by atoms with Crippen LogP contribution in [0, 0.1) is 5.82 Å². The van der Waals surface area contributed by atoms with Gasteiger partial charge in [-0.05, 0) is 42.7 Å². The zero-order valence-corrected chi connectivity index (χ0v) is 16.4. The molecule has 1 aliphatic heterocycles. The molecule has 1 amide bonds. The van der Waals surface area contributed by atoms with Crippen molar-refractivity contribution in [2.75, 3.05) is 13.7 Å². The summed E-state index contributed by atoms with van der Waals surface area (Å²) < 4.78 is 19.3. The minimum absolute atomic E-state index is 0.0157. The molecule has 6 heteroatoms. The number of fused-ring (bicyclic) bond motifs is 4. The van der Waals surface area contributed by atoms with Crippen LogP contribution in [0.5, 0.6) is 5.75 Å². The molecule has 4 nitrogen and oxygen atoms in total. The average Bonchev–Trinajstić information content (AvgIpc) is 3.31. The summed E-state index contributed by atoms with van der Waals surface area (Å²) in [5.41, 5.74) is 3.81. The summed E-state index contributed by atoms with van der Waals surface area (Å²) in [6, 6.07) is 9.93. The number of ether oxygens (including phenoxy) is 1. The van der Waals surface area contributed by atoms with Gasteiger partial charge in [0.05, 0.1) is 12.1 Å². The lowest BCUT2D eigenvalue weighted by molar-refractivity contribution is -0.131. The second kappa shape index (κ2) is 5.98. The van der Waals surface area contributed by atoms with Crippen LogP contribution < -0.4 is 4.74 Å². The minimum Gasteiger partial charge on any atom is -0.496 e. The molecule has 2 aliphatic rings. The first-order chi connectivity index (χ1) is 13.4. The molecule has 28 heavy (non-hydrogen) atoms. The zero-order chi connectivity index (χ0) is 19.6. The van der Waals surface area contributed by atoms with Crippen LogP contribution in [0.3, 0.4) is 0 Å². The van der Waals surface area contributed by atoms with E-state index in [1.807, 2.05) is 23.1 Å². The number of halogens is 2. The van der Waals surface area contributed by atoms with Crippen molar-refractivity contribution in [2.24, 2.45) is 0 Å². The summed E-state index contributed by atoms with van der Waals surface area (Å²) in [4.78, 5) is 18.0. The van der Waals surface area contributed by atoms with Crippen molar-refractivity contribution in [1.29, 1.82) is 0 Å². The maximum Gasteiger partial charge on any atom is 0.220 e. The van der Waals surface area contributed by atoms with E-state index in [9.17, 15) is 9.18 Å². The minimum atomic E-state index is -0.377. The van der Waals surface area contributed by atoms with Gasteiger partial charge in [0.1, 0.15) is 17.6 Å². The maximum absolute atomic E-state index is 13.8. The number of H-pyrrole nitrogens is 1. The van der Waals surface area contributed by atoms with Crippen molar-refractivity contribution >= 4 is 28.4 Å². The molecule has 1 saturated carbocycles. The van der Waals surface area contributed by atoms with Crippen LogP contribution >= 0.6 is 11.6 Å². The molecule has 1 aliphatic carbocycles. The summed E-state index contributed by atoms with van der Waals surface area (Å²) >= 11 is 6.59. The number of benzene rings is 2. The SMILES string of the molecule is COc1cc(F)ccc1C1c2[nH]c3cccc(Cl)c3c2C2(CC2)CN1C(C)=O. The fraction of sp³-hybridized carbons (Fsp3) is 0.318. The fourth-order valence-corrected chi connectivity index (χ4v) is 4.99. The lowest BCUT2D eigenvalue weighted by Gasteiger charge is -2.40. The number of carbonyl (C=O) groups excluding carboxylic acids is 1. The van der Waals surface area contributed by atoms with Crippen molar-refractivity contribution in [3.8, 4) is 5.75 Å². The van der Waals surface area contributed by atoms with Gasteiger partial charge in [-0.1, -0.05) is 17.7 Å². The van der Waals surface area contributed by atoms with E-state index in [2.05, 4.69) is 4.98 Å². The van der Waals surface area contributed by atoms with E-state index in [1.54, 1.807) is 13.0 Å². The number of aromatic nitrogens is 1. The van der Waals surface area contributed by atoms with Crippen LogP contribution in [0.1, 0.15) is 42.6 Å². The lowest BCUT2D eigenvalue weighted by Crippen LogP contribution is -2.44. The number of nitrogens with one attached hydrogen (secondary N) is 1. The highest BCUT2D eigenvalue weighted by Crippen LogP contribution is 2.59. The molecule has 3 aromatic rings. The van der Waals surface area contributed by atoms with E-state index in [0.29, 0.717) is 17.3 Å². The van der Waals surface area contributed by atoms with E-state index < -0.39 is 0 Å². The number of hydrogen-bond donors (Lipinski definition) is 1. The molecule has 5 rings (SSSR count). The largest absolute Gasteiger partial charge is 0.496 e. The Hall–Kier alpha value is -2.53. The van der Waals surface area contributed by atoms with Crippen molar-refractivity contribution in [2.45, 2.75) is 31.2 Å². The number of amides is 1. The fourth-order valence-electron chi connectivity index (χ4n) is 4.72. The van der Waals surface area contributed by atoms with Gasteiger partial charge >= 0.3 is 0 Å². The first-order valence-corrected chi connectivity index (χ1v) is 9.74. The Morgan fingerprint density at radius 2 is 2.11 bits per heavy atom. The molecule has 2 aromatic carbocycles. The average molecular weight is 399 g/mol. The Labute approximate surface area is 167 Å². The monoisotopic (exact) mass is 398 g/mol. The third kappa shape index (κ3) is 2.39. The Morgan fingerprint density at radius 3 is 2.79 bits per heavy atom. The van der Waals surface area contributed by atoms with Crippen LogP contribution in [0.25, 0.3) is 10.9 Å².